The Morgan fingerprint density at radius 2 is 1.83 bits per heavy atom. The van der Waals surface area contributed by atoms with Gasteiger partial charge < -0.3 is 4.90 Å². The molecule has 18 heavy (non-hydrogen) atoms. The molecule has 0 spiro atoms. The molecule has 2 heteroatoms. The number of hydrogen-bond acceptors (Lipinski definition) is 2. The smallest absolute Gasteiger partial charge is 0.0622 e. The number of nitrogens with zero attached hydrogens (tertiary/aromatic N) is 2. The van der Waals surface area contributed by atoms with Crippen LogP contribution in [-0.4, -0.2) is 19.0 Å². The molecule has 2 nitrogen and oxygen atoms in total. The van der Waals surface area contributed by atoms with Crippen LogP contribution in [0, 0.1) is 11.3 Å². The van der Waals surface area contributed by atoms with Gasteiger partial charge in [-0.05, 0) is 36.9 Å². The molecular formula is C16H18N2. The van der Waals surface area contributed by atoms with Gasteiger partial charge in [-0.1, -0.05) is 42.5 Å². The van der Waals surface area contributed by atoms with E-state index in [0.29, 0.717) is 12.5 Å². The van der Waals surface area contributed by atoms with E-state index in [1.165, 1.54) is 16.3 Å². The summed E-state index contributed by atoms with van der Waals surface area (Å²) in [6.07, 6.45) is 1.46. The van der Waals surface area contributed by atoms with Gasteiger partial charge in [0.2, 0.25) is 0 Å². The molecule has 0 aliphatic heterocycles. The van der Waals surface area contributed by atoms with Crippen molar-refractivity contribution in [2.75, 3.05) is 14.1 Å². The zero-order valence-electron chi connectivity index (χ0n) is 10.9. The number of rotatable bonds is 4. The van der Waals surface area contributed by atoms with Gasteiger partial charge in [0.05, 0.1) is 6.07 Å². The summed E-state index contributed by atoms with van der Waals surface area (Å²) in [5, 5.41) is 11.3. The second-order valence-corrected chi connectivity index (χ2v) is 4.74. The Morgan fingerprint density at radius 3 is 2.56 bits per heavy atom. The first kappa shape index (κ1) is 12.6. The Labute approximate surface area is 108 Å². The van der Waals surface area contributed by atoms with Gasteiger partial charge in [0.1, 0.15) is 0 Å². The van der Waals surface area contributed by atoms with Crippen LogP contribution in [0.1, 0.15) is 24.4 Å². The number of nitriles is 1. The van der Waals surface area contributed by atoms with Gasteiger partial charge in [-0.3, -0.25) is 0 Å². The average molecular weight is 238 g/mol. The highest BCUT2D eigenvalue weighted by molar-refractivity contribution is 5.86. The Kier molecular flexibility index (Phi) is 3.96. The first-order valence-electron chi connectivity index (χ1n) is 6.25. The normalized spacial score (nSPS) is 12.6. The van der Waals surface area contributed by atoms with Gasteiger partial charge in [-0.25, -0.2) is 0 Å². The Bertz CT molecular complexity index is 561. The first-order valence-corrected chi connectivity index (χ1v) is 6.25. The monoisotopic (exact) mass is 238 g/mol. The van der Waals surface area contributed by atoms with Gasteiger partial charge in [0.25, 0.3) is 0 Å². The molecule has 0 amide bonds. The highest BCUT2D eigenvalue weighted by Gasteiger charge is 2.15. The van der Waals surface area contributed by atoms with Crippen molar-refractivity contribution >= 4 is 10.8 Å². The van der Waals surface area contributed by atoms with E-state index in [1.807, 2.05) is 0 Å². The van der Waals surface area contributed by atoms with Crippen molar-refractivity contribution in [1.82, 2.24) is 4.90 Å². The molecule has 0 heterocycles. The summed E-state index contributed by atoms with van der Waals surface area (Å²) in [7, 11) is 4.15. The van der Waals surface area contributed by atoms with Crippen LogP contribution in [-0.2, 0) is 0 Å². The van der Waals surface area contributed by atoms with E-state index in [0.717, 1.165) is 6.42 Å². The lowest BCUT2D eigenvalue weighted by molar-refractivity contribution is 0.288. The van der Waals surface area contributed by atoms with Gasteiger partial charge in [-0.2, -0.15) is 5.26 Å². The number of fused-ring (bicyclic) bond motifs is 1. The van der Waals surface area contributed by atoms with Crippen molar-refractivity contribution in [2.45, 2.75) is 18.9 Å². The fourth-order valence-corrected chi connectivity index (χ4v) is 2.43. The summed E-state index contributed by atoms with van der Waals surface area (Å²) in [4.78, 5) is 2.19. The van der Waals surface area contributed by atoms with Crippen molar-refractivity contribution in [1.29, 1.82) is 5.26 Å². The molecule has 0 N–H and O–H groups in total. The predicted molar refractivity (Wildman–Crippen MR) is 75.2 cm³/mol. The molecule has 2 aromatic rings. The molecule has 0 bridgehead atoms. The van der Waals surface area contributed by atoms with E-state index >= 15 is 0 Å². The molecule has 92 valence electrons. The van der Waals surface area contributed by atoms with Gasteiger partial charge in [0, 0.05) is 12.5 Å². The van der Waals surface area contributed by atoms with E-state index in [2.05, 4.69) is 67.5 Å². The number of benzene rings is 2. The van der Waals surface area contributed by atoms with Crippen LogP contribution in [0.4, 0.5) is 0 Å². The standard InChI is InChI=1S/C16H18N2/c1-18(2)16(11-6-12-17)15-10-5-8-13-7-3-4-9-14(13)15/h3-5,7-10,16H,6,11H2,1-2H3. The minimum atomic E-state index is 0.302. The second kappa shape index (κ2) is 5.66. The number of hydrogen-bond donors (Lipinski definition) is 0. The molecule has 0 aliphatic rings. The molecule has 1 unspecified atom stereocenters. The molecule has 0 aliphatic carbocycles. The van der Waals surface area contributed by atoms with E-state index in [-0.39, 0.29) is 0 Å². The van der Waals surface area contributed by atoms with Crippen LogP contribution >= 0.6 is 0 Å². The molecule has 0 fully saturated rings. The SMILES string of the molecule is CN(C)C(CCC#N)c1cccc2ccccc12. The zero-order chi connectivity index (χ0) is 13.0. The molecule has 0 aromatic heterocycles. The van der Waals surface area contributed by atoms with Crippen LogP contribution in [0.15, 0.2) is 42.5 Å². The van der Waals surface area contributed by atoms with Crippen molar-refractivity contribution < 1.29 is 0 Å². The minimum absolute atomic E-state index is 0.302. The minimum Gasteiger partial charge on any atom is -0.302 e. The van der Waals surface area contributed by atoms with E-state index < -0.39 is 0 Å². The van der Waals surface area contributed by atoms with Crippen molar-refractivity contribution in [3.8, 4) is 6.07 Å². The third-order valence-electron chi connectivity index (χ3n) is 3.34. The lowest BCUT2D eigenvalue weighted by Gasteiger charge is -2.25. The Morgan fingerprint density at radius 1 is 1.11 bits per heavy atom. The molecule has 0 saturated heterocycles. The molecule has 2 rings (SSSR count). The Balaban J connectivity index is 2.47. The van der Waals surface area contributed by atoms with Crippen LogP contribution in [0.3, 0.4) is 0 Å². The third-order valence-corrected chi connectivity index (χ3v) is 3.34. The van der Waals surface area contributed by atoms with Crippen LogP contribution in [0.25, 0.3) is 10.8 Å². The van der Waals surface area contributed by atoms with Crippen LogP contribution in [0.2, 0.25) is 0 Å². The van der Waals surface area contributed by atoms with Crippen molar-refractivity contribution in [2.24, 2.45) is 0 Å². The second-order valence-electron chi connectivity index (χ2n) is 4.74. The lowest BCUT2D eigenvalue weighted by atomic mass is 9.95. The predicted octanol–water partition coefficient (Wildman–Crippen LogP) is 3.75. The quantitative estimate of drug-likeness (QED) is 0.811. The molecule has 2 aromatic carbocycles. The van der Waals surface area contributed by atoms with Gasteiger partial charge in [0.15, 0.2) is 0 Å². The van der Waals surface area contributed by atoms with E-state index in [4.69, 9.17) is 5.26 Å². The summed E-state index contributed by atoms with van der Waals surface area (Å²) in [5.41, 5.74) is 1.31. The highest BCUT2D eigenvalue weighted by atomic mass is 15.1. The maximum Gasteiger partial charge on any atom is 0.0622 e. The average Bonchev–Trinajstić information content (AvgIpc) is 2.39. The summed E-state index contributed by atoms with van der Waals surface area (Å²) in [5.74, 6) is 0. The summed E-state index contributed by atoms with van der Waals surface area (Å²) in [6.45, 7) is 0. The van der Waals surface area contributed by atoms with Gasteiger partial charge >= 0.3 is 0 Å². The highest BCUT2D eigenvalue weighted by Crippen LogP contribution is 2.29. The molecule has 0 saturated carbocycles. The van der Waals surface area contributed by atoms with Crippen LogP contribution < -0.4 is 0 Å². The fourth-order valence-electron chi connectivity index (χ4n) is 2.43. The molecule has 0 radical (unpaired) electrons. The summed E-state index contributed by atoms with van der Waals surface area (Å²) < 4.78 is 0. The first-order chi connectivity index (χ1) is 8.74. The topological polar surface area (TPSA) is 27.0 Å². The summed E-state index contributed by atoms with van der Waals surface area (Å²) in [6, 6.07) is 17.4. The maximum absolute atomic E-state index is 8.79. The fraction of sp³-hybridized carbons (Fsp3) is 0.312. The Hall–Kier alpha value is -1.85. The zero-order valence-corrected chi connectivity index (χ0v) is 10.9. The maximum atomic E-state index is 8.79. The van der Waals surface area contributed by atoms with Gasteiger partial charge in [-0.15, -0.1) is 0 Å². The molecule has 1 atom stereocenters. The lowest BCUT2D eigenvalue weighted by Crippen LogP contribution is -2.20. The summed E-state index contributed by atoms with van der Waals surface area (Å²) >= 11 is 0. The van der Waals surface area contributed by atoms with Crippen LogP contribution in [0.5, 0.6) is 0 Å². The van der Waals surface area contributed by atoms with Crippen molar-refractivity contribution in [3.63, 3.8) is 0 Å². The van der Waals surface area contributed by atoms with E-state index in [9.17, 15) is 0 Å². The van der Waals surface area contributed by atoms with Crippen molar-refractivity contribution in [3.05, 3.63) is 48.0 Å². The largest absolute Gasteiger partial charge is 0.302 e. The molecular weight excluding hydrogens is 220 g/mol. The third kappa shape index (κ3) is 2.52. The van der Waals surface area contributed by atoms with E-state index in [1.54, 1.807) is 0 Å².